The highest BCUT2D eigenvalue weighted by Gasteiger charge is 2.29. The largest absolute Gasteiger partial charge is 0.485 e. The third kappa shape index (κ3) is 5.78. The summed E-state index contributed by atoms with van der Waals surface area (Å²) in [4.78, 5) is 19.6. The zero-order chi connectivity index (χ0) is 27.1. The number of piperidine rings is 1. The molecule has 3 aromatic rings. The number of sulfone groups is 1. The van der Waals surface area contributed by atoms with Crippen LogP contribution in [0.2, 0.25) is 0 Å². The van der Waals surface area contributed by atoms with E-state index in [4.69, 9.17) is 14.2 Å². The number of hydrogen-bond acceptors (Lipinski definition) is 8. The number of rotatable bonds is 5. The Morgan fingerprint density at radius 3 is 2.58 bits per heavy atom. The van der Waals surface area contributed by atoms with Crippen LogP contribution in [-0.4, -0.2) is 49.0 Å². The predicted octanol–water partition coefficient (Wildman–Crippen LogP) is 5.77. The Labute approximate surface area is 225 Å². The van der Waals surface area contributed by atoms with Crippen LogP contribution in [0.15, 0.2) is 47.5 Å². The minimum absolute atomic E-state index is 0.120. The number of amides is 1. The second kappa shape index (κ2) is 10.2. The van der Waals surface area contributed by atoms with Crippen molar-refractivity contribution in [1.29, 1.82) is 0 Å². The molecule has 2 aliphatic heterocycles. The molecule has 2 aliphatic rings. The quantitative estimate of drug-likeness (QED) is 0.391. The van der Waals surface area contributed by atoms with E-state index >= 15 is 0 Å². The molecule has 0 spiro atoms. The van der Waals surface area contributed by atoms with Crippen molar-refractivity contribution in [2.24, 2.45) is 0 Å². The second-order valence-electron chi connectivity index (χ2n) is 10.4. The van der Waals surface area contributed by atoms with E-state index in [1.54, 1.807) is 35.4 Å². The molecular formula is C27H29FN2O6S2. The van der Waals surface area contributed by atoms with E-state index in [1.807, 2.05) is 20.8 Å². The molecule has 0 saturated carbocycles. The van der Waals surface area contributed by atoms with E-state index in [-0.39, 0.29) is 41.0 Å². The van der Waals surface area contributed by atoms with Gasteiger partial charge in [0.1, 0.15) is 22.9 Å². The number of aromatic nitrogens is 1. The molecule has 38 heavy (non-hydrogen) atoms. The SMILES string of the molecule is CC(C)(C)OC(=O)N1CCC(c2ncc(COc3ccc(-c4ccc5c(c4)OCS5(=O)=O)cc3F)s2)CC1. The maximum absolute atomic E-state index is 14.8. The van der Waals surface area contributed by atoms with Crippen LogP contribution in [0, 0.1) is 5.82 Å². The van der Waals surface area contributed by atoms with E-state index < -0.39 is 21.3 Å². The Morgan fingerprint density at radius 2 is 1.87 bits per heavy atom. The minimum atomic E-state index is -3.41. The Morgan fingerprint density at radius 1 is 1.16 bits per heavy atom. The fourth-order valence-electron chi connectivity index (χ4n) is 4.42. The van der Waals surface area contributed by atoms with Crippen LogP contribution in [-0.2, 0) is 21.2 Å². The van der Waals surface area contributed by atoms with Gasteiger partial charge in [0.25, 0.3) is 0 Å². The number of fused-ring (bicyclic) bond motifs is 1. The first kappa shape index (κ1) is 26.4. The van der Waals surface area contributed by atoms with Gasteiger partial charge < -0.3 is 19.1 Å². The highest BCUT2D eigenvalue weighted by atomic mass is 32.2. The fourth-order valence-corrected chi connectivity index (χ4v) is 6.53. The number of benzene rings is 2. The third-order valence-electron chi connectivity index (χ3n) is 6.35. The van der Waals surface area contributed by atoms with Crippen molar-refractivity contribution >= 4 is 27.3 Å². The molecule has 2 aromatic carbocycles. The summed E-state index contributed by atoms with van der Waals surface area (Å²) in [5.74, 6) is -0.239. The number of ether oxygens (including phenoxy) is 3. The van der Waals surface area contributed by atoms with Crippen LogP contribution >= 0.6 is 11.3 Å². The van der Waals surface area contributed by atoms with Gasteiger partial charge in [0.2, 0.25) is 9.84 Å². The summed E-state index contributed by atoms with van der Waals surface area (Å²) >= 11 is 1.54. The number of nitrogens with zero attached hydrogens (tertiary/aromatic N) is 2. The maximum Gasteiger partial charge on any atom is 0.410 e. The van der Waals surface area contributed by atoms with Crippen molar-refractivity contribution in [3.05, 3.63) is 58.3 Å². The first-order valence-electron chi connectivity index (χ1n) is 12.3. The molecule has 11 heteroatoms. The van der Waals surface area contributed by atoms with Crippen molar-refractivity contribution in [3.8, 4) is 22.6 Å². The maximum atomic E-state index is 14.8. The average molecular weight is 561 g/mol. The van der Waals surface area contributed by atoms with Gasteiger partial charge in [0, 0.05) is 25.2 Å². The summed E-state index contributed by atoms with van der Waals surface area (Å²) < 4.78 is 55.2. The Kier molecular flexibility index (Phi) is 7.08. The van der Waals surface area contributed by atoms with Gasteiger partial charge in [0.05, 0.1) is 9.88 Å². The molecule has 0 radical (unpaired) electrons. The lowest BCUT2D eigenvalue weighted by molar-refractivity contribution is 0.0204. The Balaban J connectivity index is 1.17. The first-order chi connectivity index (χ1) is 18.0. The molecule has 202 valence electrons. The number of hydrogen-bond donors (Lipinski definition) is 0. The van der Waals surface area contributed by atoms with Crippen LogP contribution < -0.4 is 9.47 Å². The molecule has 0 aliphatic carbocycles. The molecule has 0 N–H and O–H groups in total. The molecule has 8 nitrogen and oxygen atoms in total. The zero-order valence-corrected chi connectivity index (χ0v) is 23.0. The molecule has 1 amide bonds. The topological polar surface area (TPSA) is 95.0 Å². The minimum Gasteiger partial charge on any atom is -0.485 e. The van der Waals surface area contributed by atoms with Gasteiger partial charge in [-0.05, 0) is 69.0 Å². The van der Waals surface area contributed by atoms with Crippen molar-refractivity contribution in [2.45, 2.75) is 56.6 Å². The van der Waals surface area contributed by atoms with Crippen molar-refractivity contribution in [1.82, 2.24) is 9.88 Å². The van der Waals surface area contributed by atoms with Gasteiger partial charge in [-0.15, -0.1) is 11.3 Å². The lowest BCUT2D eigenvalue weighted by Crippen LogP contribution is -2.41. The predicted molar refractivity (Wildman–Crippen MR) is 141 cm³/mol. The molecule has 0 atom stereocenters. The Bertz CT molecular complexity index is 1460. The number of carbonyl (C=O) groups is 1. The van der Waals surface area contributed by atoms with Crippen LogP contribution in [0.1, 0.15) is 49.4 Å². The van der Waals surface area contributed by atoms with Crippen LogP contribution in [0.25, 0.3) is 11.1 Å². The van der Waals surface area contributed by atoms with Crippen molar-refractivity contribution < 1.29 is 31.8 Å². The lowest BCUT2D eigenvalue weighted by atomic mass is 9.98. The van der Waals surface area contributed by atoms with E-state index in [2.05, 4.69) is 4.98 Å². The monoisotopic (exact) mass is 560 g/mol. The highest BCUT2D eigenvalue weighted by Crippen LogP contribution is 2.36. The zero-order valence-electron chi connectivity index (χ0n) is 21.4. The van der Waals surface area contributed by atoms with Gasteiger partial charge in [0.15, 0.2) is 17.5 Å². The van der Waals surface area contributed by atoms with E-state index in [1.165, 1.54) is 23.5 Å². The van der Waals surface area contributed by atoms with Crippen molar-refractivity contribution in [2.75, 3.05) is 19.0 Å². The second-order valence-corrected chi connectivity index (χ2v) is 13.4. The van der Waals surface area contributed by atoms with Gasteiger partial charge in [-0.2, -0.15) is 0 Å². The summed E-state index contributed by atoms with van der Waals surface area (Å²) in [6.45, 7) is 7.00. The molecule has 0 unspecified atom stereocenters. The molecular weight excluding hydrogens is 531 g/mol. The normalized spacial score (nSPS) is 17.1. The summed E-state index contributed by atoms with van der Waals surface area (Å²) in [5.41, 5.74) is 0.722. The average Bonchev–Trinajstić information content (AvgIpc) is 3.46. The summed E-state index contributed by atoms with van der Waals surface area (Å²) in [6.07, 6.45) is 3.09. The third-order valence-corrected chi connectivity index (χ3v) is 8.92. The van der Waals surface area contributed by atoms with E-state index in [0.717, 1.165) is 22.7 Å². The molecule has 1 aromatic heterocycles. The van der Waals surface area contributed by atoms with Gasteiger partial charge in [-0.1, -0.05) is 12.1 Å². The van der Waals surface area contributed by atoms with Gasteiger partial charge in [-0.25, -0.2) is 22.6 Å². The molecule has 3 heterocycles. The fraction of sp³-hybridized carbons (Fsp3) is 0.407. The van der Waals surface area contributed by atoms with Crippen molar-refractivity contribution in [3.63, 3.8) is 0 Å². The molecule has 1 fully saturated rings. The molecule has 1 saturated heterocycles. The highest BCUT2D eigenvalue weighted by molar-refractivity contribution is 7.91. The molecule has 5 rings (SSSR count). The number of carbonyl (C=O) groups excluding carboxylic acids is 1. The van der Waals surface area contributed by atoms with Gasteiger partial charge in [-0.3, -0.25) is 0 Å². The number of likely N-dealkylation sites (tertiary alicyclic amines) is 1. The van der Waals surface area contributed by atoms with Crippen LogP contribution in [0.3, 0.4) is 0 Å². The van der Waals surface area contributed by atoms with Gasteiger partial charge >= 0.3 is 6.09 Å². The number of halogens is 1. The number of thiazole rings is 1. The summed E-state index contributed by atoms with van der Waals surface area (Å²) in [6, 6.07) is 9.36. The lowest BCUT2D eigenvalue weighted by Gasteiger charge is -2.32. The summed E-state index contributed by atoms with van der Waals surface area (Å²) in [5, 5.41) is 0.990. The Hall–Kier alpha value is -3.18. The van der Waals surface area contributed by atoms with Crippen LogP contribution in [0.5, 0.6) is 11.5 Å². The molecule has 0 bridgehead atoms. The van der Waals surface area contributed by atoms with Crippen LogP contribution in [0.4, 0.5) is 9.18 Å². The van der Waals surface area contributed by atoms with E-state index in [9.17, 15) is 17.6 Å². The van der Waals surface area contributed by atoms with E-state index in [0.29, 0.717) is 24.2 Å². The first-order valence-corrected chi connectivity index (χ1v) is 14.8. The summed E-state index contributed by atoms with van der Waals surface area (Å²) in [7, 11) is -3.41. The smallest absolute Gasteiger partial charge is 0.410 e. The standard InChI is InChI=1S/C27H29FN2O6S2/c1-27(2,3)36-26(31)30-10-8-17(9-11-30)25-29-14-20(37-25)15-34-22-6-4-18(12-21(22)28)19-5-7-24-23(13-19)35-16-38(24,32)33/h4-7,12-14,17H,8-11,15-16H2,1-3H3.